The molecule has 1 aliphatic rings. The van der Waals surface area contributed by atoms with Crippen LogP contribution in [-0.4, -0.2) is 43.1 Å². The van der Waals surface area contributed by atoms with Gasteiger partial charge in [-0.1, -0.05) is 39.4 Å². The van der Waals surface area contributed by atoms with Gasteiger partial charge in [-0.05, 0) is 49.2 Å². The van der Waals surface area contributed by atoms with Gasteiger partial charge >= 0.3 is 0 Å². The molecule has 2 heterocycles. The second-order valence-corrected chi connectivity index (χ2v) is 10.6. The van der Waals surface area contributed by atoms with Crippen LogP contribution >= 0.6 is 27.3 Å². The van der Waals surface area contributed by atoms with Gasteiger partial charge < -0.3 is 4.74 Å². The van der Waals surface area contributed by atoms with Crippen molar-refractivity contribution in [2.24, 2.45) is 0 Å². The van der Waals surface area contributed by atoms with Gasteiger partial charge in [-0.25, -0.2) is 8.42 Å². The molecular formula is C20H20BrN3O3S2. The molecule has 0 bridgehead atoms. The smallest absolute Gasteiger partial charge is 0.243 e. The molecule has 3 aromatic rings. The summed E-state index contributed by atoms with van der Waals surface area (Å²) >= 11 is 4.90. The van der Waals surface area contributed by atoms with Crippen molar-refractivity contribution in [2.75, 3.05) is 20.2 Å². The second-order valence-electron chi connectivity index (χ2n) is 6.78. The number of rotatable bonds is 5. The first-order valence-electron chi connectivity index (χ1n) is 9.21. The summed E-state index contributed by atoms with van der Waals surface area (Å²) in [4.78, 5) is 0.327. The molecule has 0 radical (unpaired) electrons. The van der Waals surface area contributed by atoms with Gasteiger partial charge in [0.25, 0.3) is 0 Å². The highest BCUT2D eigenvalue weighted by Crippen LogP contribution is 2.37. The number of benzene rings is 2. The van der Waals surface area contributed by atoms with Gasteiger partial charge in [0.05, 0.1) is 17.6 Å². The van der Waals surface area contributed by atoms with E-state index >= 15 is 0 Å². The lowest BCUT2D eigenvalue weighted by Crippen LogP contribution is -2.37. The molecule has 0 N–H and O–H groups in total. The van der Waals surface area contributed by atoms with Gasteiger partial charge in [-0.15, -0.1) is 10.2 Å². The van der Waals surface area contributed by atoms with Crippen molar-refractivity contribution in [2.45, 2.75) is 23.7 Å². The van der Waals surface area contributed by atoms with Crippen molar-refractivity contribution >= 4 is 37.3 Å². The zero-order chi connectivity index (χ0) is 20.4. The molecule has 1 saturated heterocycles. The number of piperidine rings is 1. The lowest BCUT2D eigenvalue weighted by molar-refractivity contribution is 0.318. The molecule has 6 nitrogen and oxygen atoms in total. The quantitative estimate of drug-likeness (QED) is 0.521. The molecule has 2 aromatic carbocycles. The second kappa shape index (κ2) is 8.51. The van der Waals surface area contributed by atoms with Crippen molar-refractivity contribution in [3.05, 3.63) is 58.0 Å². The third-order valence-electron chi connectivity index (χ3n) is 5.03. The Labute approximate surface area is 182 Å². The zero-order valence-corrected chi connectivity index (χ0v) is 19.0. The molecule has 1 aromatic heterocycles. The van der Waals surface area contributed by atoms with Crippen molar-refractivity contribution in [1.82, 2.24) is 14.5 Å². The van der Waals surface area contributed by atoms with Crippen molar-refractivity contribution < 1.29 is 13.2 Å². The molecule has 0 spiro atoms. The predicted molar refractivity (Wildman–Crippen MR) is 117 cm³/mol. The Balaban J connectivity index is 1.46. The third kappa shape index (κ3) is 4.23. The van der Waals surface area contributed by atoms with E-state index in [9.17, 15) is 8.42 Å². The molecule has 152 valence electrons. The average molecular weight is 494 g/mol. The number of para-hydroxylation sites is 1. The normalized spacial score (nSPS) is 16.1. The number of halogens is 1. The monoisotopic (exact) mass is 493 g/mol. The average Bonchev–Trinajstić information content (AvgIpc) is 3.24. The van der Waals surface area contributed by atoms with Crippen LogP contribution in [0.2, 0.25) is 0 Å². The first kappa shape index (κ1) is 20.5. The summed E-state index contributed by atoms with van der Waals surface area (Å²) in [6.07, 6.45) is 1.46. The molecule has 0 unspecified atom stereocenters. The minimum Gasteiger partial charge on any atom is -0.496 e. The molecule has 4 rings (SSSR count). The van der Waals surface area contributed by atoms with Crippen LogP contribution in [0.5, 0.6) is 5.75 Å². The first-order valence-corrected chi connectivity index (χ1v) is 12.3. The van der Waals surface area contributed by atoms with Crippen molar-refractivity contribution in [3.8, 4) is 16.3 Å². The Morgan fingerprint density at radius 1 is 1.07 bits per heavy atom. The van der Waals surface area contributed by atoms with E-state index in [1.165, 1.54) is 0 Å². The first-order chi connectivity index (χ1) is 14.0. The van der Waals surface area contributed by atoms with E-state index in [0.29, 0.717) is 18.0 Å². The summed E-state index contributed by atoms with van der Waals surface area (Å²) in [5.74, 6) is 0.984. The van der Waals surface area contributed by atoms with Crippen LogP contribution in [0.4, 0.5) is 0 Å². The Morgan fingerprint density at radius 3 is 2.45 bits per heavy atom. The molecule has 0 aliphatic carbocycles. The van der Waals surface area contributed by atoms with E-state index in [4.69, 9.17) is 4.74 Å². The third-order valence-corrected chi connectivity index (χ3v) is 8.59. The topological polar surface area (TPSA) is 72.4 Å². The van der Waals surface area contributed by atoms with E-state index < -0.39 is 10.0 Å². The fourth-order valence-electron chi connectivity index (χ4n) is 3.43. The van der Waals surface area contributed by atoms with Crippen LogP contribution in [-0.2, 0) is 10.0 Å². The van der Waals surface area contributed by atoms with E-state index in [0.717, 1.165) is 38.6 Å². The number of methoxy groups -OCH3 is 1. The van der Waals surface area contributed by atoms with Crippen molar-refractivity contribution in [3.63, 3.8) is 0 Å². The van der Waals surface area contributed by atoms with E-state index in [-0.39, 0.29) is 5.92 Å². The minimum atomic E-state index is -3.47. The SMILES string of the molecule is COc1ccccc1-c1nnc(C2CCN(S(=O)(=O)c3ccc(Br)cc3)CC2)s1. The predicted octanol–water partition coefficient (Wildman–Crippen LogP) is 4.54. The highest BCUT2D eigenvalue weighted by Gasteiger charge is 2.31. The molecule has 1 fully saturated rings. The molecule has 0 saturated carbocycles. The highest BCUT2D eigenvalue weighted by atomic mass is 79.9. The fourth-order valence-corrected chi connectivity index (χ4v) is 6.20. The molecule has 29 heavy (non-hydrogen) atoms. The molecule has 1 aliphatic heterocycles. The standard InChI is InChI=1S/C20H20BrN3O3S2/c1-27-18-5-3-2-4-17(18)20-23-22-19(28-20)14-10-12-24(13-11-14)29(25,26)16-8-6-15(21)7-9-16/h2-9,14H,10-13H2,1H3. The maximum absolute atomic E-state index is 12.9. The van der Waals surface area contributed by atoms with Gasteiger partial charge in [0.15, 0.2) is 5.01 Å². The van der Waals surface area contributed by atoms with Crippen LogP contribution in [0.25, 0.3) is 10.6 Å². The molecule has 9 heteroatoms. The summed E-state index contributed by atoms with van der Waals surface area (Å²) in [5.41, 5.74) is 0.925. The maximum Gasteiger partial charge on any atom is 0.243 e. The zero-order valence-electron chi connectivity index (χ0n) is 15.8. The minimum absolute atomic E-state index is 0.215. The van der Waals surface area contributed by atoms with Gasteiger partial charge in [-0.3, -0.25) is 0 Å². The number of nitrogens with zero attached hydrogens (tertiary/aromatic N) is 3. The summed E-state index contributed by atoms with van der Waals surface area (Å²) in [6, 6.07) is 14.5. The Hall–Kier alpha value is -1.81. The number of sulfonamides is 1. The van der Waals surface area contributed by atoms with Crippen LogP contribution in [0.15, 0.2) is 57.9 Å². The Morgan fingerprint density at radius 2 is 1.76 bits per heavy atom. The number of ether oxygens (including phenoxy) is 1. The van der Waals surface area contributed by atoms with Crippen molar-refractivity contribution in [1.29, 1.82) is 0 Å². The van der Waals surface area contributed by atoms with E-state index in [1.54, 1.807) is 47.0 Å². The Bertz CT molecular complexity index is 1090. The molecular weight excluding hydrogens is 474 g/mol. The summed E-state index contributed by atoms with van der Waals surface area (Å²) < 4.78 is 33.6. The fraction of sp³-hybridized carbons (Fsp3) is 0.300. The number of hydrogen-bond donors (Lipinski definition) is 0. The molecule has 0 atom stereocenters. The summed E-state index contributed by atoms with van der Waals surface area (Å²) in [6.45, 7) is 0.958. The summed E-state index contributed by atoms with van der Waals surface area (Å²) in [7, 11) is -1.83. The Kier molecular flexibility index (Phi) is 6.00. The highest BCUT2D eigenvalue weighted by molar-refractivity contribution is 9.10. The van der Waals surface area contributed by atoms with E-state index in [1.807, 2.05) is 24.3 Å². The largest absolute Gasteiger partial charge is 0.496 e. The van der Waals surface area contributed by atoms with Crippen LogP contribution in [0, 0.1) is 0 Å². The van der Waals surface area contributed by atoms with Crippen LogP contribution < -0.4 is 4.74 Å². The maximum atomic E-state index is 12.9. The van der Waals surface area contributed by atoms with Gasteiger partial charge in [0.1, 0.15) is 10.8 Å². The van der Waals surface area contributed by atoms with E-state index in [2.05, 4.69) is 26.1 Å². The van der Waals surface area contributed by atoms with Crippen LogP contribution in [0.3, 0.4) is 0 Å². The lowest BCUT2D eigenvalue weighted by Gasteiger charge is -2.30. The van der Waals surface area contributed by atoms with Crippen LogP contribution in [0.1, 0.15) is 23.8 Å². The van der Waals surface area contributed by atoms with Gasteiger partial charge in [0.2, 0.25) is 10.0 Å². The lowest BCUT2D eigenvalue weighted by atomic mass is 9.99. The summed E-state index contributed by atoms with van der Waals surface area (Å²) in [5, 5.41) is 10.5. The number of aromatic nitrogens is 2. The van der Waals surface area contributed by atoms with Gasteiger partial charge in [0, 0.05) is 23.5 Å². The molecule has 0 amide bonds. The van der Waals surface area contributed by atoms with Gasteiger partial charge in [-0.2, -0.15) is 4.31 Å². The number of hydrogen-bond acceptors (Lipinski definition) is 6.